The van der Waals surface area contributed by atoms with Gasteiger partial charge in [0.2, 0.25) is 11.8 Å². The molecule has 4 nitrogen and oxygen atoms in total. The maximum absolute atomic E-state index is 12.5. The van der Waals surface area contributed by atoms with Gasteiger partial charge in [-0.3, -0.25) is 9.59 Å². The summed E-state index contributed by atoms with van der Waals surface area (Å²) < 4.78 is 0. The molecule has 2 aromatic rings. The second kappa shape index (κ2) is 7.70. The van der Waals surface area contributed by atoms with Crippen LogP contribution >= 0.6 is 11.6 Å². The van der Waals surface area contributed by atoms with E-state index in [1.165, 1.54) is 24.5 Å². The largest absolute Gasteiger partial charge is 0.349 e. The number of carbonyl (C=O) groups is 2. The molecular weight excluding hydrogens is 336 g/mol. The summed E-state index contributed by atoms with van der Waals surface area (Å²) in [5.74, 6) is -0.308. The third kappa shape index (κ3) is 4.60. The van der Waals surface area contributed by atoms with Crippen LogP contribution in [-0.4, -0.2) is 11.8 Å². The van der Waals surface area contributed by atoms with E-state index in [4.69, 9.17) is 11.6 Å². The maximum atomic E-state index is 12.5. The smallest absolute Gasteiger partial charge is 0.226 e. The van der Waals surface area contributed by atoms with E-state index in [9.17, 15) is 9.59 Å². The molecule has 5 heteroatoms. The topological polar surface area (TPSA) is 58.2 Å². The summed E-state index contributed by atoms with van der Waals surface area (Å²) in [5, 5.41) is 6.39. The van der Waals surface area contributed by atoms with Crippen LogP contribution in [0.5, 0.6) is 0 Å². The van der Waals surface area contributed by atoms with Gasteiger partial charge in [-0.05, 0) is 60.2 Å². The summed E-state index contributed by atoms with van der Waals surface area (Å²) in [6.07, 6.45) is 3.52. The molecule has 1 unspecified atom stereocenters. The lowest BCUT2D eigenvalue weighted by molar-refractivity contribution is -0.120. The van der Waals surface area contributed by atoms with Crippen molar-refractivity contribution < 1.29 is 9.59 Å². The Morgan fingerprint density at radius 3 is 2.52 bits per heavy atom. The minimum atomic E-state index is -0.385. The molecule has 25 heavy (non-hydrogen) atoms. The molecule has 0 radical (unpaired) electrons. The highest BCUT2D eigenvalue weighted by Gasteiger charge is 2.18. The molecular formula is C20H21ClN2O2. The lowest BCUT2D eigenvalue weighted by Gasteiger charge is -2.18. The Morgan fingerprint density at radius 1 is 1.08 bits per heavy atom. The minimum absolute atomic E-state index is 0.133. The van der Waals surface area contributed by atoms with Gasteiger partial charge >= 0.3 is 0 Å². The zero-order chi connectivity index (χ0) is 17.8. The highest BCUT2D eigenvalue weighted by Crippen LogP contribution is 2.25. The van der Waals surface area contributed by atoms with Gasteiger partial charge in [0.05, 0.1) is 12.5 Å². The second-order valence-corrected chi connectivity index (χ2v) is 6.83. The molecule has 3 rings (SSSR count). The fourth-order valence-corrected chi connectivity index (χ4v) is 3.37. The first-order valence-corrected chi connectivity index (χ1v) is 8.83. The average molecular weight is 357 g/mol. The summed E-state index contributed by atoms with van der Waals surface area (Å²) in [6.45, 7) is 1.45. The van der Waals surface area contributed by atoms with Crippen molar-refractivity contribution in [2.75, 3.05) is 5.32 Å². The van der Waals surface area contributed by atoms with Gasteiger partial charge < -0.3 is 10.6 Å². The fraction of sp³-hybridized carbons (Fsp3) is 0.300. The van der Waals surface area contributed by atoms with E-state index >= 15 is 0 Å². The van der Waals surface area contributed by atoms with Crippen LogP contribution in [0.15, 0.2) is 42.5 Å². The predicted molar refractivity (Wildman–Crippen MR) is 99.7 cm³/mol. The number of nitrogens with one attached hydrogen (secondary N) is 2. The van der Waals surface area contributed by atoms with Crippen LogP contribution < -0.4 is 10.6 Å². The number of rotatable bonds is 5. The summed E-state index contributed by atoms with van der Waals surface area (Å²) in [6, 6.07) is 12.9. The molecule has 0 saturated heterocycles. The second-order valence-electron chi connectivity index (χ2n) is 6.39. The molecule has 1 aliphatic carbocycles. The molecule has 1 atom stereocenters. The molecule has 0 spiro atoms. The third-order valence-electron chi connectivity index (χ3n) is 4.42. The van der Waals surface area contributed by atoms with Crippen LogP contribution in [0, 0.1) is 0 Å². The molecule has 0 heterocycles. The van der Waals surface area contributed by atoms with Crippen LogP contribution in [0.1, 0.15) is 42.5 Å². The van der Waals surface area contributed by atoms with Gasteiger partial charge in [0, 0.05) is 17.6 Å². The highest BCUT2D eigenvalue weighted by atomic mass is 35.5. The van der Waals surface area contributed by atoms with E-state index < -0.39 is 0 Å². The average Bonchev–Trinajstić information content (AvgIpc) is 3.02. The van der Waals surface area contributed by atoms with Crippen LogP contribution in [0.3, 0.4) is 0 Å². The van der Waals surface area contributed by atoms with Gasteiger partial charge in [0.25, 0.3) is 0 Å². The van der Waals surface area contributed by atoms with Gasteiger partial charge in [-0.2, -0.15) is 0 Å². The maximum Gasteiger partial charge on any atom is 0.226 e. The molecule has 0 aromatic heterocycles. The number of amides is 2. The Kier molecular flexibility index (Phi) is 5.39. The molecule has 2 aromatic carbocycles. The van der Waals surface area contributed by atoms with Gasteiger partial charge in [-0.1, -0.05) is 29.8 Å². The first-order chi connectivity index (χ1) is 12.0. The molecule has 0 saturated carbocycles. The first kappa shape index (κ1) is 17.5. The number of hydrogen-bond donors (Lipinski definition) is 2. The van der Waals surface area contributed by atoms with E-state index in [1.54, 1.807) is 12.1 Å². The molecule has 130 valence electrons. The van der Waals surface area contributed by atoms with Gasteiger partial charge in [0.15, 0.2) is 0 Å². The van der Waals surface area contributed by atoms with Crippen LogP contribution in [0.4, 0.5) is 5.69 Å². The number of anilines is 1. The van der Waals surface area contributed by atoms with Crippen molar-refractivity contribution in [3.05, 3.63) is 64.2 Å². The van der Waals surface area contributed by atoms with E-state index in [0.717, 1.165) is 24.1 Å². The Labute approximate surface area is 152 Å². The molecule has 0 bridgehead atoms. The van der Waals surface area contributed by atoms with E-state index in [-0.39, 0.29) is 24.3 Å². The molecule has 2 amide bonds. The van der Waals surface area contributed by atoms with Crippen LogP contribution in [-0.2, 0) is 22.4 Å². The Morgan fingerprint density at radius 2 is 1.80 bits per heavy atom. The van der Waals surface area contributed by atoms with Crippen molar-refractivity contribution in [1.82, 2.24) is 5.32 Å². The fourth-order valence-electron chi connectivity index (χ4n) is 3.24. The number of hydrogen-bond acceptors (Lipinski definition) is 2. The van der Waals surface area contributed by atoms with Gasteiger partial charge in [-0.25, -0.2) is 0 Å². The standard InChI is InChI=1S/C20H21ClN2O2/c1-13(24)22-19(15-5-8-17(21)9-6-15)12-20(25)23-18-10-7-14-3-2-4-16(14)11-18/h5-11,19H,2-4,12H2,1H3,(H,22,24)(H,23,25). The van der Waals surface area contributed by atoms with Gasteiger partial charge in [0.1, 0.15) is 0 Å². The highest BCUT2D eigenvalue weighted by molar-refractivity contribution is 6.30. The van der Waals surface area contributed by atoms with Crippen LogP contribution in [0.25, 0.3) is 0 Å². The van der Waals surface area contributed by atoms with Crippen molar-refractivity contribution in [2.24, 2.45) is 0 Å². The molecule has 1 aliphatic rings. The number of aryl methyl sites for hydroxylation is 2. The SMILES string of the molecule is CC(=O)NC(CC(=O)Nc1ccc2c(c1)CCC2)c1ccc(Cl)cc1. The Bertz CT molecular complexity index is 787. The van der Waals surface area contributed by atoms with Gasteiger partial charge in [-0.15, -0.1) is 0 Å². The van der Waals surface area contributed by atoms with E-state index in [1.807, 2.05) is 18.2 Å². The lowest BCUT2D eigenvalue weighted by atomic mass is 10.0. The summed E-state index contributed by atoms with van der Waals surface area (Å²) in [7, 11) is 0. The third-order valence-corrected chi connectivity index (χ3v) is 4.67. The zero-order valence-corrected chi connectivity index (χ0v) is 14.9. The summed E-state index contributed by atoms with van der Waals surface area (Å²) in [5.41, 5.74) is 4.34. The summed E-state index contributed by atoms with van der Waals surface area (Å²) in [4.78, 5) is 23.9. The van der Waals surface area contributed by atoms with Crippen LogP contribution in [0.2, 0.25) is 5.02 Å². The first-order valence-electron chi connectivity index (χ1n) is 8.45. The van der Waals surface area contributed by atoms with Crippen molar-refractivity contribution in [3.63, 3.8) is 0 Å². The lowest BCUT2D eigenvalue weighted by Crippen LogP contribution is -2.29. The molecule has 0 aliphatic heterocycles. The normalized spacial score (nSPS) is 13.8. The Hall–Kier alpha value is -2.33. The van der Waals surface area contributed by atoms with Crippen molar-refractivity contribution in [2.45, 2.75) is 38.6 Å². The van der Waals surface area contributed by atoms with Crippen molar-refractivity contribution in [1.29, 1.82) is 0 Å². The number of fused-ring (bicyclic) bond motifs is 1. The zero-order valence-electron chi connectivity index (χ0n) is 14.1. The number of benzene rings is 2. The van der Waals surface area contributed by atoms with Crippen molar-refractivity contribution in [3.8, 4) is 0 Å². The van der Waals surface area contributed by atoms with Crippen molar-refractivity contribution >= 4 is 29.1 Å². The summed E-state index contributed by atoms with van der Waals surface area (Å²) >= 11 is 5.91. The Balaban J connectivity index is 1.69. The van der Waals surface area contributed by atoms with E-state index in [2.05, 4.69) is 22.8 Å². The number of carbonyl (C=O) groups excluding carboxylic acids is 2. The number of halogens is 1. The minimum Gasteiger partial charge on any atom is -0.349 e. The molecule has 2 N–H and O–H groups in total. The quantitative estimate of drug-likeness (QED) is 0.849. The van der Waals surface area contributed by atoms with E-state index in [0.29, 0.717) is 5.02 Å². The monoisotopic (exact) mass is 356 g/mol. The molecule has 0 fully saturated rings. The predicted octanol–water partition coefficient (Wildman–Crippen LogP) is 4.03.